The van der Waals surface area contributed by atoms with Crippen LogP contribution in [0.5, 0.6) is 0 Å². The molecule has 1 aliphatic rings. The van der Waals surface area contributed by atoms with Gasteiger partial charge in [0.05, 0.1) is 12.4 Å². The maximum Gasteiger partial charge on any atom is 0.271 e. The fraction of sp³-hybridized carbons (Fsp3) is 0.261. The van der Waals surface area contributed by atoms with E-state index in [0.717, 1.165) is 43.1 Å². The van der Waals surface area contributed by atoms with Crippen molar-refractivity contribution in [2.24, 2.45) is 0 Å². The lowest BCUT2D eigenvalue weighted by Gasteiger charge is -2.36. The molecule has 6 heteroatoms. The molecular formula is C23H25N5O. The summed E-state index contributed by atoms with van der Waals surface area (Å²) in [7, 11) is 0. The number of hydrogen-bond acceptors (Lipinski definition) is 5. The van der Waals surface area contributed by atoms with E-state index < -0.39 is 0 Å². The van der Waals surface area contributed by atoms with Crippen molar-refractivity contribution in [3.63, 3.8) is 0 Å². The summed E-state index contributed by atoms with van der Waals surface area (Å²) in [4.78, 5) is 25.8. The molecule has 148 valence electrons. The van der Waals surface area contributed by atoms with Gasteiger partial charge in [-0.1, -0.05) is 42.5 Å². The van der Waals surface area contributed by atoms with Crippen molar-refractivity contribution in [3.05, 3.63) is 83.8 Å². The normalized spacial score (nSPS) is 14.0. The Morgan fingerprint density at radius 1 is 0.897 bits per heavy atom. The zero-order chi connectivity index (χ0) is 20.1. The van der Waals surface area contributed by atoms with Gasteiger partial charge in [0, 0.05) is 38.4 Å². The standard InChI is InChI=1S/C23H25N5O/c1-18-7-5-6-8-19(18)15-26-23(29)21-16-25-22(17-24-21)28-13-11-27(12-14-28)20-9-3-2-4-10-20/h2-10,16-17H,11-15H2,1H3,(H,26,29). The number of nitrogens with zero attached hydrogens (tertiary/aromatic N) is 4. The van der Waals surface area contributed by atoms with Gasteiger partial charge in [-0.25, -0.2) is 9.97 Å². The number of para-hydroxylation sites is 1. The molecule has 29 heavy (non-hydrogen) atoms. The van der Waals surface area contributed by atoms with Gasteiger partial charge in [0.2, 0.25) is 0 Å². The molecule has 0 unspecified atom stereocenters. The Morgan fingerprint density at radius 2 is 1.59 bits per heavy atom. The molecule has 0 spiro atoms. The predicted octanol–water partition coefficient (Wildman–Crippen LogP) is 3.04. The molecular weight excluding hydrogens is 362 g/mol. The number of carbonyl (C=O) groups excluding carboxylic acids is 1. The Balaban J connectivity index is 1.32. The summed E-state index contributed by atoms with van der Waals surface area (Å²) in [5.41, 5.74) is 3.84. The Kier molecular flexibility index (Phi) is 5.70. The van der Waals surface area contributed by atoms with E-state index in [-0.39, 0.29) is 5.91 Å². The van der Waals surface area contributed by atoms with Crippen LogP contribution in [0.1, 0.15) is 21.6 Å². The number of nitrogens with one attached hydrogen (secondary N) is 1. The van der Waals surface area contributed by atoms with Gasteiger partial charge in [-0.3, -0.25) is 4.79 Å². The van der Waals surface area contributed by atoms with Crippen LogP contribution in [0, 0.1) is 6.92 Å². The smallest absolute Gasteiger partial charge is 0.271 e. The van der Waals surface area contributed by atoms with Gasteiger partial charge in [-0.05, 0) is 30.2 Å². The number of benzene rings is 2. The molecule has 0 saturated carbocycles. The molecule has 3 aromatic rings. The highest BCUT2D eigenvalue weighted by Crippen LogP contribution is 2.18. The number of carbonyl (C=O) groups is 1. The lowest BCUT2D eigenvalue weighted by atomic mass is 10.1. The van der Waals surface area contributed by atoms with E-state index in [1.807, 2.05) is 37.3 Å². The minimum Gasteiger partial charge on any atom is -0.368 e. The topological polar surface area (TPSA) is 61.4 Å². The van der Waals surface area contributed by atoms with Crippen LogP contribution in [0.2, 0.25) is 0 Å². The summed E-state index contributed by atoms with van der Waals surface area (Å²) in [5, 5.41) is 2.92. The third-order valence-electron chi connectivity index (χ3n) is 5.30. The highest BCUT2D eigenvalue weighted by atomic mass is 16.1. The molecule has 1 fully saturated rings. The quantitative estimate of drug-likeness (QED) is 0.729. The van der Waals surface area contributed by atoms with Crippen molar-refractivity contribution in [3.8, 4) is 0 Å². The van der Waals surface area contributed by atoms with Crippen LogP contribution in [0.25, 0.3) is 0 Å². The SMILES string of the molecule is Cc1ccccc1CNC(=O)c1cnc(N2CCN(c3ccccc3)CC2)cn1. The number of aryl methyl sites for hydroxylation is 1. The minimum atomic E-state index is -0.207. The van der Waals surface area contributed by atoms with Crippen LogP contribution in [-0.4, -0.2) is 42.1 Å². The largest absolute Gasteiger partial charge is 0.368 e. The molecule has 6 nitrogen and oxygen atoms in total. The summed E-state index contributed by atoms with van der Waals surface area (Å²) in [6.45, 7) is 6.14. The van der Waals surface area contributed by atoms with Crippen LogP contribution in [-0.2, 0) is 6.54 Å². The molecule has 0 aliphatic carbocycles. The molecule has 1 saturated heterocycles. The third kappa shape index (κ3) is 4.54. The molecule has 1 aliphatic heterocycles. The average molecular weight is 387 g/mol. The fourth-order valence-electron chi connectivity index (χ4n) is 3.51. The van der Waals surface area contributed by atoms with Gasteiger partial charge in [-0.2, -0.15) is 0 Å². The van der Waals surface area contributed by atoms with Gasteiger partial charge < -0.3 is 15.1 Å². The second-order valence-electron chi connectivity index (χ2n) is 7.18. The van der Waals surface area contributed by atoms with E-state index in [9.17, 15) is 4.79 Å². The first-order valence-electron chi connectivity index (χ1n) is 9.90. The molecule has 0 bridgehead atoms. The first kappa shape index (κ1) is 18.9. The third-order valence-corrected chi connectivity index (χ3v) is 5.30. The van der Waals surface area contributed by atoms with E-state index >= 15 is 0 Å². The molecule has 1 amide bonds. The highest BCUT2D eigenvalue weighted by Gasteiger charge is 2.19. The molecule has 1 aromatic heterocycles. The second kappa shape index (κ2) is 8.73. The van der Waals surface area contributed by atoms with E-state index in [2.05, 4.69) is 49.4 Å². The summed E-state index contributed by atoms with van der Waals surface area (Å²) in [6, 6.07) is 18.5. The van der Waals surface area contributed by atoms with Gasteiger partial charge in [0.25, 0.3) is 5.91 Å². The monoisotopic (exact) mass is 387 g/mol. The maximum atomic E-state index is 12.4. The summed E-state index contributed by atoms with van der Waals surface area (Å²) >= 11 is 0. The highest BCUT2D eigenvalue weighted by molar-refractivity contribution is 5.92. The summed E-state index contributed by atoms with van der Waals surface area (Å²) < 4.78 is 0. The number of piperazine rings is 1. The molecule has 2 heterocycles. The van der Waals surface area contributed by atoms with Crippen LogP contribution in [0.3, 0.4) is 0 Å². The lowest BCUT2D eigenvalue weighted by Crippen LogP contribution is -2.46. The molecule has 4 rings (SSSR count). The van der Waals surface area contributed by atoms with E-state index in [0.29, 0.717) is 12.2 Å². The van der Waals surface area contributed by atoms with Crippen molar-refractivity contribution in [2.75, 3.05) is 36.0 Å². The first-order chi connectivity index (χ1) is 14.2. The van der Waals surface area contributed by atoms with Crippen molar-refractivity contribution in [1.82, 2.24) is 15.3 Å². The van der Waals surface area contributed by atoms with Crippen molar-refractivity contribution < 1.29 is 4.79 Å². The minimum absolute atomic E-state index is 0.207. The maximum absolute atomic E-state index is 12.4. The fourth-order valence-corrected chi connectivity index (χ4v) is 3.51. The number of aromatic nitrogens is 2. The van der Waals surface area contributed by atoms with Gasteiger partial charge >= 0.3 is 0 Å². The number of hydrogen-bond donors (Lipinski definition) is 1. The van der Waals surface area contributed by atoms with Crippen molar-refractivity contribution >= 4 is 17.4 Å². The van der Waals surface area contributed by atoms with Gasteiger partial charge in [0.15, 0.2) is 0 Å². The Labute approximate surface area is 171 Å². The second-order valence-corrected chi connectivity index (χ2v) is 7.18. The lowest BCUT2D eigenvalue weighted by molar-refractivity contribution is 0.0945. The molecule has 0 radical (unpaired) electrons. The Hall–Kier alpha value is -3.41. The zero-order valence-electron chi connectivity index (χ0n) is 16.6. The number of anilines is 2. The number of rotatable bonds is 5. The van der Waals surface area contributed by atoms with Crippen LogP contribution >= 0.6 is 0 Å². The number of amides is 1. The summed E-state index contributed by atoms with van der Waals surface area (Å²) in [6.07, 6.45) is 3.26. The molecule has 2 aromatic carbocycles. The average Bonchev–Trinajstić information content (AvgIpc) is 2.79. The first-order valence-corrected chi connectivity index (χ1v) is 9.90. The van der Waals surface area contributed by atoms with Gasteiger partial charge in [-0.15, -0.1) is 0 Å². The summed E-state index contributed by atoms with van der Waals surface area (Å²) in [5.74, 6) is 0.606. The van der Waals surface area contributed by atoms with E-state index in [1.165, 1.54) is 5.69 Å². The van der Waals surface area contributed by atoms with Gasteiger partial charge in [0.1, 0.15) is 11.5 Å². The van der Waals surface area contributed by atoms with E-state index in [1.54, 1.807) is 12.4 Å². The van der Waals surface area contributed by atoms with Crippen LogP contribution in [0.15, 0.2) is 67.0 Å². The van der Waals surface area contributed by atoms with Crippen LogP contribution < -0.4 is 15.1 Å². The van der Waals surface area contributed by atoms with Crippen molar-refractivity contribution in [1.29, 1.82) is 0 Å². The van der Waals surface area contributed by atoms with Crippen LogP contribution in [0.4, 0.5) is 11.5 Å². The predicted molar refractivity (Wildman–Crippen MR) is 115 cm³/mol. The zero-order valence-corrected chi connectivity index (χ0v) is 16.6. The Bertz CT molecular complexity index is 951. The molecule has 0 atom stereocenters. The Morgan fingerprint density at radius 3 is 2.28 bits per heavy atom. The van der Waals surface area contributed by atoms with E-state index in [4.69, 9.17) is 0 Å². The molecule has 1 N–H and O–H groups in total. The van der Waals surface area contributed by atoms with Crippen molar-refractivity contribution in [2.45, 2.75) is 13.5 Å².